The number of aliphatic hydroxyl groups excluding tert-OH is 1. The molecular formula is C17H20N2O2S. The van der Waals surface area contributed by atoms with Gasteiger partial charge in [0.2, 0.25) is 0 Å². The Hall–Kier alpha value is -1.85. The van der Waals surface area contributed by atoms with Gasteiger partial charge in [-0.15, -0.1) is 11.3 Å². The molecule has 0 bridgehead atoms. The van der Waals surface area contributed by atoms with Crippen molar-refractivity contribution in [3.8, 4) is 10.4 Å². The van der Waals surface area contributed by atoms with Crippen molar-refractivity contribution in [3.63, 3.8) is 0 Å². The van der Waals surface area contributed by atoms with Gasteiger partial charge >= 0.3 is 6.03 Å². The molecule has 2 aromatic rings. The molecule has 1 aromatic carbocycles. The smallest absolute Gasteiger partial charge is 0.322 e. The first-order chi connectivity index (χ1) is 10.7. The molecule has 0 saturated heterocycles. The number of nitrogens with one attached hydrogen (secondary N) is 1. The highest BCUT2D eigenvalue weighted by molar-refractivity contribution is 7.13. The molecule has 0 radical (unpaired) electrons. The summed E-state index contributed by atoms with van der Waals surface area (Å²) in [4.78, 5) is 15.3. The Labute approximate surface area is 134 Å². The molecule has 1 aromatic heterocycles. The number of anilines is 1. The van der Waals surface area contributed by atoms with Crippen LogP contribution in [0.25, 0.3) is 10.4 Å². The van der Waals surface area contributed by atoms with E-state index >= 15 is 0 Å². The van der Waals surface area contributed by atoms with E-state index in [1.54, 1.807) is 16.2 Å². The van der Waals surface area contributed by atoms with Gasteiger partial charge in [0.15, 0.2) is 0 Å². The number of amides is 2. The minimum Gasteiger partial charge on any atom is -0.395 e. The summed E-state index contributed by atoms with van der Waals surface area (Å²) in [6.07, 6.45) is 2.06. The average molecular weight is 316 g/mol. The van der Waals surface area contributed by atoms with Gasteiger partial charge in [-0.25, -0.2) is 4.79 Å². The monoisotopic (exact) mass is 316 g/mol. The Morgan fingerprint density at radius 1 is 1.41 bits per heavy atom. The molecule has 1 aliphatic carbocycles. The quantitative estimate of drug-likeness (QED) is 0.883. The van der Waals surface area contributed by atoms with Crippen LogP contribution in [0.2, 0.25) is 0 Å². The Balaban J connectivity index is 1.75. The lowest BCUT2D eigenvalue weighted by Gasteiger charge is -2.22. The van der Waals surface area contributed by atoms with E-state index < -0.39 is 0 Å². The summed E-state index contributed by atoms with van der Waals surface area (Å²) in [6.45, 7) is 2.48. The Morgan fingerprint density at radius 2 is 2.23 bits per heavy atom. The van der Waals surface area contributed by atoms with Crippen molar-refractivity contribution in [2.24, 2.45) is 0 Å². The third-order valence-corrected chi connectivity index (χ3v) is 4.89. The van der Waals surface area contributed by atoms with Crippen LogP contribution in [0.4, 0.5) is 10.5 Å². The second-order valence-corrected chi connectivity index (χ2v) is 6.51. The molecule has 1 heterocycles. The van der Waals surface area contributed by atoms with Crippen LogP contribution in [-0.4, -0.2) is 35.2 Å². The fourth-order valence-corrected chi connectivity index (χ4v) is 3.47. The molecule has 5 heteroatoms. The van der Waals surface area contributed by atoms with Crippen molar-refractivity contribution >= 4 is 23.1 Å². The maximum absolute atomic E-state index is 12.4. The van der Waals surface area contributed by atoms with Gasteiger partial charge < -0.3 is 15.3 Å². The fourth-order valence-electron chi connectivity index (χ4n) is 2.55. The van der Waals surface area contributed by atoms with Crippen molar-refractivity contribution in [1.82, 2.24) is 4.90 Å². The molecule has 22 heavy (non-hydrogen) atoms. The first-order valence-electron chi connectivity index (χ1n) is 7.52. The predicted molar refractivity (Wildman–Crippen MR) is 90.3 cm³/mol. The zero-order valence-corrected chi connectivity index (χ0v) is 13.4. The Kier molecular flexibility index (Phi) is 4.45. The van der Waals surface area contributed by atoms with E-state index in [1.807, 2.05) is 18.2 Å². The highest BCUT2D eigenvalue weighted by atomic mass is 32.1. The highest BCUT2D eigenvalue weighted by Gasteiger charge is 2.32. The summed E-state index contributed by atoms with van der Waals surface area (Å²) in [5.41, 5.74) is 3.15. The van der Waals surface area contributed by atoms with Crippen LogP contribution < -0.4 is 5.32 Å². The Bertz CT molecular complexity index is 664. The number of aryl methyl sites for hydroxylation is 1. The van der Waals surface area contributed by atoms with E-state index in [0.29, 0.717) is 6.54 Å². The lowest BCUT2D eigenvalue weighted by Crippen LogP contribution is -2.38. The normalized spacial score (nSPS) is 13.9. The Morgan fingerprint density at radius 3 is 2.86 bits per heavy atom. The molecule has 1 aliphatic rings. The number of rotatable bonds is 5. The lowest BCUT2D eigenvalue weighted by atomic mass is 10.1. The van der Waals surface area contributed by atoms with Crippen molar-refractivity contribution in [1.29, 1.82) is 0 Å². The molecule has 2 amide bonds. The second-order valence-electron chi connectivity index (χ2n) is 5.59. The summed E-state index contributed by atoms with van der Waals surface area (Å²) in [7, 11) is 0. The highest BCUT2D eigenvalue weighted by Crippen LogP contribution is 2.31. The number of nitrogens with zero attached hydrogens (tertiary/aromatic N) is 1. The van der Waals surface area contributed by atoms with Crippen LogP contribution in [0.15, 0.2) is 35.7 Å². The summed E-state index contributed by atoms with van der Waals surface area (Å²) in [6, 6.07) is 10.2. The van der Waals surface area contributed by atoms with E-state index in [9.17, 15) is 4.79 Å². The number of carbonyl (C=O) groups is 1. The third-order valence-electron chi connectivity index (χ3n) is 3.83. The van der Waals surface area contributed by atoms with Crippen molar-refractivity contribution in [2.45, 2.75) is 25.8 Å². The minimum atomic E-state index is -0.128. The van der Waals surface area contributed by atoms with Crippen LogP contribution in [0, 0.1) is 6.92 Å². The zero-order valence-electron chi connectivity index (χ0n) is 12.6. The number of urea groups is 1. The summed E-state index contributed by atoms with van der Waals surface area (Å²) >= 11 is 1.70. The van der Waals surface area contributed by atoms with Crippen LogP contribution in [-0.2, 0) is 0 Å². The largest absolute Gasteiger partial charge is 0.395 e. The summed E-state index contributed by atoms with van der Waals surface area (Å²) in [5.74, 6) is 0. The third kappa shape index (κ3) is 3.31. The van der Waals surface area contributed by atoms with E-state index in [-0.39, 0.29) is 18.7 Å². The SMILES string of the molecule is Cc1ccsc1-c1cccc(NC(=O)N(CCO)C2CC2)c1. The zero-order chi connectivity index (χ0) is 15.5. The molecule has 0 aliphatic heterocycles. The van der Waals surface area contributed by atoms with Crippen molar-refractivity contribution < 1.29 is 9.90 Å². The van der Waals surface area contributed by atoms with Gasteiger partial charge in [0, 0.05) is 23.2 Å². The van der Waals surface area contributed by atoms with Crippen molar-refractivity contribution in [2.75, 3.05) is 18.5 Å². The van der Waals surface area contributed by atoms with E-state index in [2.05, 4.69) is 29.8 Å². The first-order valence-corrected chi connectivity index (χ1v) is 8.40. The fraction of sp³-hybridized carbons (Fsp3) is 0.353. The number of aliphatic hydroxyl groups is 1. The van der Waals surface area contributed by atoms with Gasteiger partial charge in [0.1, 0.15) is 0 Å². The maximum Gasteiger partial charge on any atom is 0.322 e. The van der Waals surface area contributed by atoms with Crippen molar-refractivity contribution in [3.05, 3.63) is 41.3 Å². The minimum absolute atomic E-state index is 0.00164. The molecule has 1 saturated carbocycles. The number of hydrogen-bond acceptors (Lipinski definition) is 3. The van der Waals surface area contributed by atoms with Crippen LogP contribution >= 0.6 is 11.3 Å². The number of benzene rings is 1. The molecule has 0 atom stereocenters. The molecular weight excluding hydrogens is 296 g/mol. The van der Waals surface area contributed by atoms with Crippen LogP contribution in [0.5, 0.6) is 0 Å². The number of thiophene rings is 1. The van der Waals surface area contributed by atoms with Gasteiger partial charge in [-0.2, -0.15) is 0 Å². The standard InChI is InChI=1S/C17H20N2O2S/c1-12-7-10-22-16(12)13-3-2-4-14(11-13)18-17(21)19(8-9-20)15-5-6-15/h2-4,7,10-11,15,20H,5-6,8-9H2,1H3,(H,18,21). The summed E-state index contributed by atoms with van der Waals surface area (Å²) < 4.78 is 0. The molecule has 0 spiro atoms. The summed E-state index contributed by atoms with van der Waals surface area (Å²) in [5, 5.41) is 14.1. The van der Waals surface area contributed by atoms with Crippen LogP contribution in [0.3, 0.4) is 0 Å². The first kappa shape index (κ1) is 15.1. The number of hydrogen-bond donors (Lipinski definition) is 2. The molecule has 116 valence electrons. The van der Waals surface area contributed by atoms with Gasteiger partial charge in [-0.3, -0.25) is 0 Å². The molecule has 2 N–H and O–H groups in total. The molecule has 0 unspecified atom stereocenters. The van der Waals surface area contributed by atoms with Crippen LogP contribution in [0.1, 0.15) is 18.4 Å². The maximum atomic E-state index is 12.4. The topological polar surface area (TPSA) is 52.6 Å². The molecule has 1 fully saturated rings. The number of carbonyl (C=O) groups excluding carboxylic acids is 1. The van der Waals surface area contributed by atoms with E-state index in [1.165, 1.54) is 10.4 Å². The van der Waals surface area contributed by atoms with Gasteiger partial charge in [-0.1, -0.05) is 12.1 Å². The second kappa shape index (κ2) is 6.50. The molecule has 3 rings (SSSR count). The average Bonchev–Trinajstić information content (AvgIpc) is 3.26. The van der Waals surface area contributed by atoms with Gasteiger partial charge in [0.05, 0.1) is 6.61 Å². The van der Waals surface area contributed by atoms with Gasteiger partial charge in [0.25, 0.3) is 0 Å². The predicted octanol–water partition coefficient (Wildman–Crippen LogP) is 3.71. The molecule has 4 nitrogen and oxygen atoms in total. The van der Waals surface area contributed by atoms with E-state index in [0.717, 1.165) is 24.1 Å². The lowest BCUT2D eigenvalue weighted by molar-refractivity contribution is 0.185. The van der Waals surface area contributed by atoms with E-state index in [4.69, 9.17) is 5.11 Å². The van der Waals surface area contributed by atoms with Gasteiger partial charge in [-0.05, 0) is 54.5 Å².